The zero-order chi connectivity index (χ0) is 21.0. The van der Waals surface area contributed by atoms with E-state index in [-0.39, 0.29) is 18.5 Å². The average Bonchev–Trinajstić information content (AvgIpc) is 2.84. The van der Waals surface area contributed by atoms with Gasteiger partial charge in [-0.25, -0.2) is 9.69 Å². The van der Waals surface area contributed by atoms with Crippen LogP contribution in [0.2, 0.25) is 0 Å². The molecule has 1 saturated heterocycles. The average molecular weight is 385 g/mol. The van der Waals surface area contributed by atoms with Gasteiger partial charge in [0.15, 0.2) is 0 Å². The van der Waals surface area contributed by atoms with Gasteiger partial charge in [0, 0.05) is 6.54 Å². The minimum atomic E-state index is -0.996. The number of carbonyl (C=O) groups is 4. The number of nitrogens with one attached hydrogen (secondary N) is 1. The van der Waals surface area contributed by atoms with Gasteiger partial charge in [-0.1, -0.05) is 58.0 Å². The second-order valence-corrected chi connectivity index (χ2v) is 7.49. The van der Waals surface area contributed by atoms with Crippen molar-refractivity contribution in [1.29, 1.82) is 0 Å². The lowest BCUT2D eigenvalue weighted by atomic mass is 9.93. The molecule has 2 rings (SSSR count). The molecule has 0 aromatic heterocycles. The molecule has 0 radical (unpaired) electrons. The summed E-state index contributed by atoms with van der Waals surface area (Å²) < 4.78 is 0. The lowest BCUT2D eigenvalue weighted by Gasteiger charge is -2.24. The Morgan fingerprint density at radius 3 is 2.04 bits per heavy atom. The number of amides is 5. The number of benzene rings is 1. The van der Waals surface area contributed by atoms with E-state index < -0.39 is 30.3 Å². The molecule has 1 aromatic rings. The number of imide groups is 2. The van der Waals surface area contributed by atoms with Crippen LogP contribution in [-0.2, 0) is 14.4 Å². The fraction of sp³-hybridized carbons (Fsp3) is 0.429. The lowest BCUT2D eigenvalue weighted by Crippen LogP contribution is -2.43. The second kappa shape index (κ2) is 8.82. The molecule has 1 atom stereocenters. The summed E-state index contributed by atoms with van der Waals surface area (Å²) >= 11 is 0. The highest BCUT2D eigenvalue weighted by atomic mass is 16.2. The van der Waals surface area contributed by atoms with Gasteiger partial charge in [0.1, 0.15) is 6.54 Å². The van der Waals surface area contributed by atoms with Crippen LogP contribution in [0.4, 0.5) is 4.79 Å². The quantitative estimate of drug-likeness (QED) is 0.423. The van der Waals surface area contributed by atoms with E-state index in [0.29, 0.717) is 10.8 Å². The van der Waals surface area contributed by atoms with E-state index in [0.717, 1.165) is 10.5 Å². The molecule has 1 fully saturated rings. The normalized spacial score (nSPS) is 15.6. The zero-order valence-corrected chi connectivity index (χ0v) is 16.8. The molecule has 1 aromatic carbocycles. The number of hydrogen-bond donors (Lipinski definition) is 1. The van der Waals surface area contributed by atoms with Crippen molar-refractivity contribution in [2.24, 2.45) is 5.92 Å². The summed E-state index contributed by atoms with van der Waals surface area (Å²) in [5.41, 5.74) is 2.14. The van der Waals surface area contributed by atoms with Crippen LogP contribution in [0.3, 0.4) is 0 Å². The third kappa shape index (κ3) is 4.47. The van der Waals surface area contributed by atoms with Gasteiger partial charge in [-0.05, 0) is 23.0 Å². The molecule has 1 heterocycles. The van der Waals surface area contributed by atoms with Crippen LogP contribution in [0.1, 0.15) is 50.8 Å². The first-order valence-corrected chi connectivity index (χ1v) is 9.34. The van der Waals surface area contributed by atoms with Crippen LogP contribution in [0.15, 0.2) is 36.9 Å². The van der Waals surface area contributed by atoms with Crippen molar-refractivity contribution in [3.05, 3.63) is 48.0 Å². The summed E-state index contributed by atoms with van der Waals surface area (Å²) in [5, 5.41) is 2.88. The Labute approximate surface area is 165 Å². The molecule has 1 N–H and O–H groups in total. The smallest absolute Gasteiger partial charge is 0.335 e. The molecule has 1 aliphatic rings. The number of hydrogen-bond acceptors (Lipinski definition) is 4. The van der Waals surface area contributed by atoms with E-state index >= 15 is 0 Å². The predicted molar refractivity (Wildman–Crippen MR) is 105 cm³/mol. The van der Waals surface area contributed by atoms with Crippen molar-refractivity contribution in [2.45, 2.75) is 39.7 Å². The maximum atomic E-state index is 12.5. The third-order valence-electron chi connectivity index (χ3n) is 4.69. The Morgan fingerprint density at radius 2 is 1.54 bits per heavy atom. The maximum Gasteiger partial charge on any atom is 0.335 e. The lowest BCUT2D eigenvalue weighted by molar-refractivity contribution is -0.143. The van der Waals surface area contributed by atoms with E-state index in [1.54, 1.807) is 0 Å². The second-order valence-electron chi connectivity index (χ2n) is 7.49. The monoisotopic (exact) mass is 385 g/mol. The Morgan fingerprint density at radius 1 is 1.00 bits per heavy atom. The maximum absolute atomic E-state index is 12.5. The summed E-state index contributed by atoms with van der Waals surface area (Å²) in [6.07, 6.45) is 1.35. The number of carbonyl (C=O) groups excluding carboxylic acids is 4. The van der Waals surface area contributed by atoms with Crippen LogP contribution in [-0.4, -0.2) is 46.6 Å². The Kier molecular flexibility index (Phi) is 6.72. The van der Waals surface area contributed by atoms with Gasteiger partial charge >= 0.3 is 17.8 Å². The Hall–Kier alpha value is -2.96. The Balaban J connectivity index is 2.10. The minimum Gasteiger partial charge on any atom is -0.347 e. The van der Waals surface area contributed by atoms with Crippen molar-refractivity contribution in [3.63, 3.8) is 0 Å². The van der Waals surface area contributed by atoms with E-state index in [1.165, 1.54) is 11.6 Å². The van der Waals surface area contributed by atoms with E-state index in [2.05, 4.69) is 25.7 Å². The number of urea groups is 1. The van der Waals surface area contributed by atoms with Crippen LogP contribution in [0.5, 0.6) is 0 Å². The SMILES string of the molecule is C=CCN1C(=O)C(=O)N(CC(=O)N[C@@H](c2ccc(C(C)C)cc2)C(C)C)C1=O. The molecular weight excluding hydrogens is 358 g/mol. The molecule has 0 saturated carbocycles. The largest absolute Gasteiger partial charge is 0.347 e. The van der Waals surface area contributed by atoms with Crippen LogP contribution in [0, 0.1) is 5.92 Å². The van der Waals surface area contributed by atoms with Gasteiger partial charge in [0.2, 0.25) is 5.91 Å². The van der Waals surface area contributed by atoms with E-state index in [1.807, 2.05) is 38.1 Å². The van der Waals surface area contributed by atoms with Gasteiger partial charge < -0.3 is 5.32 Å². The molecule has 0 unspecified atom stereocenters. The summed E-state index contributed by atoms with van der Waals surface area (Å²) in [7, 11) is 0. The molecule has 150 valence electrons. The third-order valence-corrected chi connectivity index (χ3v) is 4.69. The summed E-state index contributed by atoms with van der Waals surface area (Å²) in [5.74, 6) is -1.93. The summed E-state index contributed by atoms with van der Waals surface area (Å²) in [6, 6.07) is 6.93. The highest BCUT2D eigenvalue weighted by molar-refractivity contribution is 6.45. The Bertz CT molecular complexity index is 783. The number of nitrogens with zero attached hydrogens (tertiary/aromatic N) is 2. The van der Waals surface area contributed by atoms with Gasteiger partial charge in [0.25, 0.3) is 0 Å². The van der Waals surface area contributed by atoms with Crippen LogP contribution in [0.25, 0.3) is 0 Å². The molecule has 0 bridgehead atoms. The van der Waals surface area contributed by atoms with E-state index in [9.17, 15) is 19.2 Å². The van der Waals surface area contributed by atoms with Gasteiger partial charge in [0.05, 0.1) is 6.04 Å². The van der Waals surface area contributed by atoms with Gasteiger partial charge in [-0.2, -0.15) is 0 Å². The van der Waals surface area contributed by atoms with Crippen molar-refractivity contribution in [3.8, 4) is 0 Å². The molecule has 1 aliphatic heterocycles. The number of rotatable bonds is 8. The molecular formula is C21H27N3O4. The fourth-order valence-electron chi connectivity index (χ4n) is 3.07. The van der Waals surface area contributed by atoms with Crippen molar-refractivity contribution in [2.75, 3.05) is 13.1 Å². The highest BCUT2D eigenvalue weighted by Crippen LogP contribution is 2.24. The topological polar surface area (TPSA) is 86.8 Å². The molecule has 0 spiro atoms. The molecule has 7 nitrogen and oxygen atoms in total. The molecule has 7 heteroatoms. The highest BCUT2D eigenvalue weighted by Gasteiger charge is 2.44. The molecule has 28 heavy (non-hydrogen) atoms. The zero-order valence-electron chi connectivity index (χ0n) is 16.8. The molecule has 0 aliphatic carbocycles. The molecule has 5 amide bonds. The first-order chi connectivity index (χ1) is 13.2. The van der Waals surface area contributed by atoms with Crippen LogP contribution < -0.4 is 5.32 Å². The summed E-state index contributed by atoms with van der Waals surface area (Å²) in [4.78, 5) is 50.1. The minimum absolute atomic E-state index is 0.0711. The first-order valence-electron chi connectivity index (χ1n) is 9.34. The summed E-state index contributed by atoms with van der Waals surface area (Å²) in [6.45, 7) is 11.1. The van der Waals surface area contributed by atoms with Crippen LogP contribution >= 0.6 is 0 Å². The standard InChI is InChI=1S/C21H27N3O4/c1-6-11-23-19(26)20(27)24(21(23)28)12-17(25)22-18(14(4)5)16-9-7-15(8-10-16)13(2)3/h6-10,13-14,18H,1,11-12H2,2-5H3,(H,22,25)/t18-/m1/s1. The van der Waals surface area contributed by atoms with Crippen molar-refractivity contribution >= 4 is 23.8 Å². The van der Waals surface area contributed by atoms with E-state index in [4.69, 9.17) is 0 Å². The van der Waals surface area contributed by atoms with Gasteiger partial charge in [-0.15, -0.1) is 6.58 Å². The fourth-order valence-corrected chi connectivity index (χ4v) is 3.07. The van der Waals surface area contributed by atoms with Crippen molar-refractivity contribution < 1.29 is 19.2 Å². The van der Waals surface area contributed by atoms with Crippen molar-refractivity contribution in [1.82, 2.24) is 15.1 Å². The van der Waals surface area contributed by atoms with Gasteiger partial charge in [-0.3, -0.25) is 19.3 Å². The predicted octanol–water partition coefficient (Wildman–Crippen LogP) is 2.60. The first kappa shape index (κ1) is 21.3.